The van der Waals surface area contributed by atoms with Gasteiger partial charge in [-0.3, -0.25) is 9.59 Å². The number of nitrogens with zero attached hydrogens (tertiary/aromatic N) is 2. The number of nitrogens with one attached hydrogen (secondary N) is 1. The normalized spacial score (nSPS) is 12.9. The number of aliphatic hydroxyl groups is 1. The zero-order valence-electron chi connectivity index (χ0n) is 14.8. The summed E-state index contributed by atoms with van der Waals surface area (Å²) in [6, 6.07) is 16.5. The van der Waals surface area contributed by atoms with Gasteiger partial charge in [0.2, 0.25) is 5.91 Å². The number of carbonyl (C=O) groups excluding carboxylic acids is 2. The van der Waals surface area contributed by atoms with Crippen molar-refractivity contribution in [1.29, 1.82) is 0 Å². The number of aromatic nitrogens is 2. The summed E-state index contributed by atoms with van der Waals surface area (Å²) in [7, 11) is 0. The first kappa shape index (κ1) is 19.2. The van der Waals surface area contributed by atoms with Gasteiger partial charge < -0.3 is 16.2 Å². The van der Waals surface area contributed by atoms with Crippen molar-refractivity contribution >= 4 is 11.8 Å². The van der Waals surface area contributed by atoms with E-state index in [-0.39, 0.29) is 12.1 Å². The highest BCUT2D eigenvalue weighted by Gasteiger charge is 2.29. The molecule has 2 unspecified atom stereocenters. The molecule has 0 fully saturated rings. The van der Waals surface area contributed by atoms with Crippen LogP contribution in [0.25, 0.3) is 5.69 Å². The SMILES string of the molecule is NC(=O)C(O)C(Cc1ccccc1)NC(=O)c1c(F)cnn1-c1ccccc1. The fourth-order valence-electron chi connectivity index (χ4n) is 2.84. The summed E-state index contributed by atoms with van der Waals surface area (Å²) in [5, 5.41) is 16.6. The van der Waals surface area contributed by atoms with Gasteiger partial charge in [0.1, 0.15) is 0 Å². The standard InChI is InChI=1S/C20H19FN4O3/c21-15-12-23-25(14-9-5-2-6-10-14)17(15)20(28)24-16(18(26)19(22)27)11-13-7-3-1-4-8-13/h1-10,12,16,18,26H,11H2,(H2,22,27)(H,24,28). The molecule has 8 heteroatoms. The Kier molecular flexibility index (Phi) is 5.81. The molecule has 3 rings (SSSR count). The van der Waals surface area contributed by atoms with Gasteiger partial charge in [0.25, 0.3) is 5.91 Å². The molecule has 0 aliphatic rings. The maximum atomic E-state index is 14.3. The van der Waals surface area contributed by atoms with Gasteiger partial charge in [-0.25, -0.2) is 9.07 Å². The highest BCUT2D eigenvalue weighted by molar-refractivity contribution is 5.94. The number of halogens is 1. The molecule has 0 bridgehead atoms. The zero-order chi connectivity index (χ0) is 20.1. The predicted molar refractivity (Wildman–Crippen MR) is 100 cm³/mol. The van der Waals surface area contributed by atoms with Crippen LogP contribution in [-0.2, 0) is 11.2 Å². The highest BCUT2D eigenvalue weighted by Crippen LogP contribution is 2.15. The number of hydrogen-bond acceptors (Lipinski definition) is 4. The fourth-order valence-corrected chi connectivity index (χ4v) is 2.84. The Labute approximate surface area is 160 Å². The van der Waals surface area contributed by atoms with Crippen LogP contribution in [0.1, 0.15) is 16.1 Å². The second-order valence-electron chi connectivity index (χ2n) is 6.21. The number of nitrogens with two attached hydrogens (primary N) is 1. The number of hydrogen-bond donors (Lipinski definition) is 3. The predicted octanol–water partition coefficient (Wildman–Crippen LogP) is 1.20. The quantitative estimate of drug-likeness (QED) is 0.570. The van der Waals surface area contributed by atoms with Crippen molar-refractivity contribution in [3.05, 3.63) is 83.9 Å². The van der Waals surface area contributed by atoms with Crippen molar-refractivity contribution in [2.45, 2.75) is 18.6 Å². The molecule has 1 heterocycles. The minimum absolute atomic E-state index is 0.137. The Morgan fingerprint density at radius 1 is 1.11 bits per heavy atom. The molecule has 0 radical (unpaired) electrons. The van der Waals surface area contributed by atoms with E-state index >= 15 is 0 Å². The third kappa shape index (κ3) is 4.24. The van der Waals surface area contributed by atoms with E-state index in [1.165, 1.54) is 0 Å². The van der Waals surface area contributed by atoms with Crippen LogP contribution in [0, 0.1) is 5.82 Å². The average molecular weight is 382 g/mol. The van der Waals surface area contributed by atoms with Crippen LogP contribution in [-0.4, -0.2) is 38.8 Å². The molecule has 0 saturated carbocycles. The lowest BCUT2D eigenvalue weighted by Crippen LogP contribution is -2.50. The first-order valence-electron chi connectivity index (χ1n) is 8.58. The van der Waals surface area contributed by atoms with E-state index in [1.54, 1.807) is 54.6 Å². The summed E-state index contributed by atoms with van der Waals surface area (Å²) < 4.78 is 15.4. The summed E-state index contributed by atoms with van der Waals surface area (Å²) in [6.45, 7) is 0. The van der Waals surface area contributed by atoms with Crippen molar-refractivity contribution in [2.24, 2.45) is 5.73 Å². The number of para-hydroxylation sites is 1. The Bertz CT molecular complexity index is 960. The molecular formula is C20H19FN4O3. The van der Waals surface area contributed by atoms with Crippen molar-refractivity contribution in [2.75, 3.05) is 0 Å². The Hall–Kier alpha value is -3.52. The number of primary amides is 1. The molecule has 7 nitrogen and oxygen atoms in total. The monoisotopic (exact) mass is 382 g/mol. The Morgan fingerprint density at radius 3 is 2.32 bits per heavy atom. The van der Waals surface area contributed by atoms with E-state index in [9.17, 15) is 19.1 Å². The topological polar surface area (TPSA) is 110 Å². The van der Waals surface area contributed by atoms with Crippen molar-refractivity contribution in [3.8, 4) is 5.69 Å². The second-order valence-corrected chi connectivity index (χ2v) is 6.21. The lowest BCUT2D eigenvalue weighted by Gasteiger charge is -2.22. The van der Waals surface area contributed by atoms with Crippen LogP contribution >= 0.6 is 0 Å². The summed E-state index contributed by atoms with van der Waals surface area (Å²) in [6.07, 6.45) is -0.573. The van der Waals surface area contributed by atoms with Crippen LogP contribution < -0.4 is 11.1 Å². The minimum atomic E-state index is -1.64. The highest BCUT2D eigenvalue weighted by atomic mass is 19.1. The van der Waals surface area contributed by atoms with E-state index in [4.69, 9.17) is 5.73 Å². The maximum Gasteiger partial charge on any atom is 0.273 e. The molecule has 28 heavy (non-hydrogen) atoms. The van der Waals surface area contributed by atoms with Gasteiger partial charge in [-0.1, -0.05) is 48.5 Å². The lowest BCUT2D eigenvalue weighted by atomic mass is 10.0. The van der Waals surface area contributed by atoms with Crippen LogP contribution in [0.15, 0.2) is 66.9 Å². The molecule has 0 spiro atoms. The van der Waals surface area contributed by atoms with Gasteiger partial charge in [-0.05, 0) is 24.1 Å². The zero-order valence-corrected chi connectivity index (χ0v) is 14.8. The summed E-state index contributed by atoms with van der Waals surface area (Å²) >= 11 is 0. The van der Waals surface area contributed by atoms with E-state index in [0.717, 1.165) is 16.4 Å². The third-order valence-electron chi connectivity index (χ3n) is 4.23. The van der Waals surface area contributed by atoms with E-state index < -0.39 is 29.8 Å². The average Bonchev–Trinajstić information content (AvgIpc) is 3.10. The largest absolute Gasteiger partial charge is 0.381 e. The number of carbonyl (C=O) groups is 2. The van der Waals surface area contributed by atoms with Gasteiger partial charge in [-0.15, -0.1) is 0 Å². The van der Waals surface area contributed by atoms with Gasteiger partial charge in [-0.2, -0.15) is 5.10 Å². The second kappa shape index (κ2) is 8.45. The van der Waals surface area contributed by atoms with Gasteiger partial charge in [0.15, 0.2) is 17.6 Å². The molecule has 2 atom stereocenters. The molecule has 0 saturated heterocycles. The van der Waals surface area contributed by atoms with Crippen LogP contribution in [0.4, 0.5) is 4.39 Å². The first-order chi connectivity index (χ1) is 13.5. The van der Waals surface area contributed by atoms with Gasteiger partial charge >= 0.3 is 0 Å². The number of rotatable bonds is 7. The molecular weight excluding hydrogens is 363 g/mol. The van der Waals surface area contributed by atoms with Gasteiger partial charge in [0, 0.05) is 0 Å². The molecule has 144 valence electrons. The summed E-state index contributed by atoms with van der Waals surface area (Å²) in [5.74, 6) is -2.63. The van der Waals surface area contributed by atoms with Crippen molar-refractivity contribution in [1.82, 2.24) is 15.1 Å². The van der Waals surface area contributed by atoms with Gasteiger partial charge in [0.05, 0.1) is 17.9 Å². The fraction of sp³-hybridized carbons (Fsp3) is 0.150. The molecule has 3 aromatic rings. The molecule has 2 aromatic carbocycles. The van der Waals surface area contributed by atoms with E-state index in [0.29, 0.717) is 5.69 Å². The third-order valence-corrected chi connectivity index (χ3v) is 4.23. The molecule has 2 amide bonds. The molecule has 1 aromatic heterocycles. The molecule has 0 aliphatic carbocycles. The number of amides is 2. The Balaban J connectivity index is 1.88. The number of benzene rings is 2. The molecule has 4 N–H and O–H groups in total. The summed E-state index contributed by atoms with van der Waals surface area (Å²) in [5.41, 5.74) is 6.13. The summed E-state index contributed by atoms with van der Waals surface area (Å²) in [4.78, 5) is 24.3. The van der Waals surface area contributed by atoms with Crippen molar-refractivity contribution in [3.63, 3.8) is 0 Å². The van der Waals surface area contributed by atoms with Crippen LogP contribution in [0.5, 0.6) is 0 Å². The Morgan fingerprint density at radius 2 is 1.71 bits per heavy atom. The van der Waals surface area contributed by atoms with Crippen LogP contribution in [0.3, 0.4) is 0 Å². The molecule has 0 aliphatic heterocycles. The lowest BCUT2D eigenvalue weighted by molar-refractivity contribution is -0.127. The first-order valence-corrected chi connectivity index (χ1v) is 8.58. The van der Waals surface area contributed by atoms with E-state index in [2.05, 4.69) is 10.4 Å². The minimum Gasteiger partial charge on any atom is -0.381 e. The number of aliphatic hydroxyl groups excluding tert-OH is 1. The smallest absolute Gasteiger partial charge is 0.273 e. The van der Waals surface area contributed by atoms with E-state index in [1.807, 2.05) is 6.07 Å². The van der Waals surface area contributed by atoms with Crippen LogP contribution in [0.2, 0.25) is 0 Å². The van der Waals surface area contributed by atoms with Crippen molar-refractivity contribution < 1.29 is 19.1 Å². The maximum absolute atomic E-state index is 14.3.